The number of halogens is 2. The maximum absolute atomic E-state index is 13.3. The van der Waals surface area contributed by atoms with Gasteiger partial charge in [-0.25, -0.2) is 4.39 Å². The van der Waals surface area contributed by atoms with E-state index in [4.69, 9.17) is 9.47 Å². The normalized spacial score (nSPS) is 26.7. The SMILES string of the molecule is Cl.Fc1cccc2c1O[C@H]1CNC[C@@H]1O2. The van der Waals surface area contributed by atoms with E-state index in [0.717, 1.165) is 13.1 Å². The zero-order chi connectivity index (χ0) is 9.54. The van der Waals surface area contributed by atoms with E-state index in [2.05, 4.69) is 5.32 Å². The number of hydrogen-bond acceptors (Lipinski definition) is 3. The Morgan fingerprint density at radius 2 is 1.93 bits per heavy atom. The maximum Gasteiger partial charge on any atom is 0.197 e. The number of fused-ring (bicyclic) bond motifs is 2. The van der Waals surface area contributed by atoms with Gasteiger partial charge in [-0.1, -0.05) is 6.07 Å². The van der Waals surface area contributed by atoms with Gasteiger partial charge in [0.15, 0.2) is 17.3 Å². The summed E-state index contributed by atoms with van der Waals surface area (Å²) in [4.78, 5) is 0. The molecule has 2 heterocycles. The third-order valence-electron chi connectivity index (χ3n) is 2.58. The molecule has 2 aliphatic rings. The number of para-hydroxylation sites is 1. The van der Waals surface area contributed by atoms with Crippen molar-refractivity contribution in [2.24, 2.45) is 0 Å². The summed E-state index contributed by atoms with van der Waals surface area (Å²) in [5.41, 5.74) is 0. The highest BCUT2D eigenvalue weighted by molar-refractivity contribution is 5.85. The molecule has 0 spiro atoms. The van der Waals surface area contributed by atoms with Gasteiger partial charge < -0.3 is 14.8 Å². The monoisotopic (exact) mass is 231 g/mol. The summed E-state index contributed by atoms with van der Waals surface area (Å²) < 4.78 is 24.4. The molecule has 3 nitrogen and oxygen atoms in total. The summed E-state index contributed by atoms with van der Waals surface area (Å²) in [7, 11) is 0. The highest BCUT2D eigenvalue weighted by atomic mass is 35.5. The molecule has 1 saturated heterocycles. The molecule has 0 bridgehead atoms. The highest BCUT2D eigenvalue weighted by Crippen LogP contribution is 2.36. The number of ether oxygens (including phenoxy) is 2. The van der Waals surface area contributed by atoms with Gasteiger partial charge in [0, 0.05) is 13.1 Å². The lowest BCUT2D eigenvalue weighted by Gasteiger charge is -2.28. The fraction of sp³-hybridized carbons (Fsp3) is 0.400. The van der Waals surface area contributed by atoms with Crippen molar-refractivity contribution in [2.45, 2.75) is 12.2 Å². The molecule has 3 rings (SSSR count). The van der Waals surface area contributed by atoms with Gasteiger partial charge in [0.1, 0.15) is 12.2 Å². The first-order valence-electron chi connectivity index (χ1n) is 4.67. The van der Waals surface area contributed by atoms with E-state index >= 15 is 0 Å². The molecule has 0 radical (unpaired) electrons. The van der Waals surface area contributed by atoms with Crippen LogP contribution < -0.4 is 14.8 Å². The molecule has 1 aromatic rings. The zero-order valence-electron chi connectivity index (χ0n) is 7.90. The van der Waals surface area contributed by atoms with Crippen LogP contribution in [0.15, 0.2) is 18.2 Å². The first-order valence-corrected chi connectivity index (χ1v) is 4.67. The fourth-order valence-electron chi connectivity index (χ4n) is 1.88. The number of benzene rings is 1. The molecule has 2 atom stereocenters. The fourth-order valence-corrected chi connectivity index (χ4v) is 1.88. The Bertz CT molecular complexity index is 374. The van der Waals surface area contributed by atoms with E-state index in [9.17, 15) is 4.39 Å². The van der Waals surface area contributed by atoms with E-state index in [-0.39, 0.29) is 36.2 Å². The second kappa shape index (κ2) is 3.87. The second-order valence-corrected chi connectivity index (χ2v) is 3.54. The van der Waals surface area contributed by atoms with Crippen LogP contribution in [0.4, 0.5) is 4.39 Å². The van der Waals surface area contributed by atoms with Gasteiger partial charge in [-0.2, -0.15) is 0 Å². The molecule has 1 aromatic carbocycles. The molecule has 0 unspecified atom stereocenters. The van der Waals surface area contributed by atoms with Crippen LogP contribution in [-0.4, -0.2) is 25.3 Å². The van der Waals surface area contributed by atoms with Gasteiger partial charge in [-0.15, -0.1) is 12.4 Å². The lowest BCUT2D eigenvalue weighted by molar-refractivity contribution is 0.0510. The molecule has 1 fully saturated rings. The first kappa shape index (κ1) is 10.5. The topological polar surface area (TPSA) is 30.5 Å². The van der Waals surface area contributed by atoms with Crippen molar-refractivity contribution in [3.05, 3.63) is 24.0 Å². The summed E-state index contributed by atoms with van der Waals surface area (Å²) in [5, 5.41) is 3.15. The molecule has 0 aromatic heterocycles. The standard InChI is InChI=1S/C10H10FNO2.ClH/c11-6-2-1-3-7-10(6)14-9-5-12-4-8(9)13-7;/h1-3,8-9,12H,4-5H2;1H/t8-,9-;/m0./s1. The predicted octanol–water partition coefficient (Wildman–Crippen LogP) is 1.36. The molecule has 5 heteroatoms. The van der Waals surface area contributed by atoms with E-state index in [1.807, 2.05) is 0 Å². The zero-order valence-corrected chi connectivity index (χ0v) is 8.72. The van der Waals surface area contributed by atoms with E-state index in [1.165, 1.54) is 6.07 Å². The third kappa shape index (κ3) is 1.64. The van der Waals surface area contributed by atoms with Gasteiger partial charge in [0.05, 0.1) is 0 Å². The van der Waals surface area contributed by atoms with Crippen molar-refractivity contribution in [2.75, 3.05) is 13.1 Å². The second-order valence-electron chi connectivity index (χ2n) is 3.54. The van der Waals surface area contributed by atoms with Crippen LogP contribution in [0.2, 0.25) is 0 Å². The summed E-state index contributed by atoms with van der Waals surface area (Å²) in [6, 6.07) is 4.73. The van der Waals surface area contributed by atoms with Gasteiger partial charge in [0.25, 0.3) is 0 Å². The van der Waals surface area contributed by atoms with Gasteiger partial charge in [-0.3, -0.25) is 0 Å². The number of nitrogens with one attached hydrogen (secondary N) is 1. The van der Waals surface area contributed by atoms with Gasteiger partial charge >= 0.3 is 0 Å². The lowest BCUT2D eigenvalue weighted by atomic mass is 10.2. The van der Waals surface area contributed by atoms with E-state index < -0.39 is 0 Å². The van der Waals surface area contributed by atoms with Crippen molar-refractivity contribution in [3.8, 4) is 11.5 Å². The Morgan fingerprint density at radius 3 is 2.73 bits per heavy atom. The minimum atomic E-state index is -0.354. The van der Waals surface area contributed by atoms with Crippen LogP contribution in [0.5, 0.6) is 11.5 Å². The molecular formula is C10H11ClFNO2. The number of rotatable bonds is 0. The maximum atomic E-state index is 13.3. The minimum Gasteiger partial charge on any atom is -0.481 e. The molecular weight excluding hydrogens is 221 g/mol. The Labute approximate surface area is 93.0 Å². The van der Waals surface area contributed by atoms with Crippen LogP contribution in [0.25, 0.3) is 0 Å². The predicted molar refractivity (Wildman–Crippen MR) is 55.3 cm³/mol. The van der Waals surface area contributed by atoms with Crippen molar-refractivity contribution in [3.63, 3.8) is 0 Å². The quantitative estimate of drug-likeness (QED) is 0.732. The van der Waals surface area contributed by atoms with E-state index in [1.54, 1.807) is 12.1 Å². The van der Waals surface area contributed by atoms with Crippen LogP contribution in [0.1, 0.15) is 0 Å². The van der Waals surface area contributed by atoms with Crippen LogP contribution in [-0.2, 0) is 0 Å². The largest absolute Gasteiger partial charge is 0.481 e. The Morgan fingerprint density at radius 1 is 1.20 bits per heavy atom. The molecule has 0 aliphatic carbocycles. The Balaban J connectivity index is 0.000000853. The van der Waals surface area contributed by atoms with Crippen molar-refractivity contribution < 1.29 is 13.9 Å². The minimum absolute atomic E-state index is 0. The molecule has 1 N–H and O–H groups in total. The van der Waals surface area contributed by atoms with Gasteiger partial charge in [0.2, 0.25) is 0 Å². The van der Waals surface area contributed by atoms with Crippen LogP contribution in [0, 0.1) is 5.82 Å². The van der Waals surface area contributed by atoms with Crippen molar-refractivity contribution in [1.29, 1.82) is 0 Å². The highest BCUT2D eigenvalue weighted by Gasteiger charge is 2.36. The average Bonchev–Trinajstić information content (AvgIpc) is 2.62. The van der Waals surface area contributed by atoms with Crippen molar-refractivity contribution in [1.82, 2.24) is 5.32 Å². The van der Waals surface area contributed by atoms with E-state index in [0.29, 0.717) is 5.75 Å². The summed E-state index contributed by atoms with van der Waals surface area (Å²) in [6.07, 6.45) is -0.0382. The molecule has 2 aliphatic heterocycles. The van der Waals surface area contributed by atoms with Crippen LogP contribution in [0.3, 0.4) is 0 Å². The lowest BCUT2D eigenvalue weighted by Crippen LogP contribution is -2.38. The van der Waals surface area contributed by atoms with Crippen LogP contribution >= 0.6 is 12.4 Å². The molecule has 0 saturated carbocycles. The smallest absolute Gasteiger partial charge is 0.197 e. The average molecular weight is 232 g/mol. The molecule has 15 heavy (non-hydrogen) atoms. The molecule has 82 valence electrons. The van der Waals surface area contributed by atoms with Gasteiger partial charge in [-0.05, 0) is 12.1 Å². The summed E-state index contributed by atoms with van der Waals surface area (Å²) in [5.74, 6) is 0.403. The Kier molecular flexibility index (Phi) is 2.71. The van der Waals surface area contributed by atoms with Crippen molar-refractivity contribution >= 4 is 12.4 Å². The first-order chi connectivity index (χ1) is 6.84. The summed E-state index contributed by atoms with van der Waals surface area (Å²) in [6.45, 7) is 1.49. The summed E-state index contributed by atoms with van der Waals surface area (Å²) >= 11 is 0. The molecule has 0 amide bonds. The third-order valence-corrected chi connectivity index (χ3v) is 2.58. The Hall–Kier alpha value is -1.00. The number of hydrogen-bond donors (Lipinski definition) is 1.